The van der Waals surface area contributed by atoms with E-state index in [1.165, 1.54) is 6.07 Å². The molecule has 0 bridgehead atoms. The van der Waals surface area contributed by atoms with Crippen LogP contribution in [0.1, 0.15) is 72.4 Å². The Kier molecular flexibility index (Phi) is 10.2. The highest BCUT2D eigenvalue weighted by Gasteiger charge is 2.15. The minimum Gasteiger partial charge on any atom is -0.545 e. The molecule has 0 heterocycles. The molecule has 0 aliphatic rings. The molecule has 0 atom stereocenters. The predicted molar refractivity (Wildman–Crippen MR) is 107 cm³/mol. The number of thioether (sulfide) groups is 2. The van der Waals surface area contributed by atoms with E-state index in [9.17, 15) is 19.8 Å². The van der Waals surface area contributed by atoms with Crippen molar-refractivity contribution in [3.63, 3.8) is 0 Å². The van der Waals surface area contributed by atoms with Crippen LogP contribution < -0.4 is 10.2 Å². The van der Waals surface area contributed by atoms with Gasteiger partial charge in [0.2, 0.25) is 0 Å². The highest BCUT2D eigenvalue weighted by molar-refractivity contribution is 8.00. The van der Waals surface area contributed by atoms with E-state index in [1.807, 2.05) is 23.5 Å². The molecule has 0 aliphatic heterocycles. The second-order valence-electron chi connectivity index (χ2n) is 6.75. The van der Waals surface area contributed by atoms with Crippen molar-refractivity contribution in [3.05, 3.63) is 34.4 Å². The molecule has 0 amide bonds. The fraction of sp³-hybridized carbons (Fsp3) is 0.600. The molecule has 4 nitrogen and oxygen atoms in total. The Morgan fingerprint density at radius 1 is 0.885 bits per heavy atom. The molecule has 1 aromatic carbocycles. The fourth-order valence-electron chi connectivity index (χ4n) is 2.76. The maximum atomic E-state index is 11.6. The molecule has 6 heteroatoms. The van der Waals surface area contributed by atoms with Crippen molar-refractivity contribution in [1.82, 2.24) is 0 Å². The third kappa shape index (κ3) is 7.62. The summed E-state index contributed by atoms with van der Waals surface area (Å²) in [5.41, 5.74) is 1.03. The maximum absolute atomic E-state index is 11.6. The van der Waals surface area contributed by atoms with E-state index in [1.54, 1.807) is 6.07 Å². The number of carbonyl (C=O) groups excluding carboxylic acids is 2. The van der Waals surface area contributed by atoms with Gasteiger partial charge in [0.15, 0.2) is 0 Å². The molecule has 0 aromatic heterocycles. The van der Waals surface area contributed by atoms with Gasteiger partial charge >= 0.3 is 0 Å². The molecule has 0 radical (unpaired) electrons. The van der Waals surface area contributed by atoms with Gasteiger partial charge in [-0.15, -0.1) is 0 Å². The predicted octanol–water partition coefficient (Wildman–Crippen LogP) is 2.56. The molecule has 0 saturated heterocycles. The SMILES string of the molecule is CC(C)SCCCc1ccc(C(=O)[O-])c(C(=O)[O-])c1CCCSC(C)C. The zero-order valence-electron chi connectivity index (χ0n) is 16.0. The average Bonchev–Trinajstić information content (AvgIpc) is 2.54. The van der Waals surface area contributed by atoms with E-state index in [0.717, 1.165) is 36.3 Å². The van der Waals surface area contributed by atoms with E-state index in [-0.39, 0.29) is 11.1 Å². The number of hydrogen-bond acceptors (Lipinski definition) is 6. The van der Waals surface area contributed by atoms with Crippen LogP contribution >= 0.6 is 23.5 Å². The van der Waals surface area contributed by atoms with Gasteiger partial charge in [-0.25, -0.2) is 0 Å². The first kappa shape index (κ1) is 22.9. The highest BCUT2D eigenvalue weighted by atomic mass is 32.2. The second-order valence-corrected chi connectivity index (χ2v) is 10.1. The summed E-state index contributed by atoms with van der Waals surface area (Å²) in [4.78, 5) is 23.0. The normalized spacial score (nSPS) is 11.3. The zero-order chi connectivity index (χ0) is 19.7. The van der Waals surface area contributed by atoms with Gasteiger partial charge in [-0.1, -0.05) is 39.8 Å². The summed E-state index contributed by atoms with van der Waals surface area (Å²) in [7, 11) is 0. The quantitative estimate of drug-likeness (QED) is 0.505. The third-order valence-corrected chi connectivity index (χ3v) is 6.28. The van der Waals surface area contributed by atoms with Gasteiger partial charge in [-0.2, -0.15) is 23.5 Å². The lowest BCUT2D eigenvalue weighted by atomic mass is 9.91. The molecular formula is C20H28O4S2-2. The Morgan fingerprint density at radius 3 is 1.88 bits per heavy atom. The van der Waals surface area contributed by atoms with Crippen LogP contribution in [0.25, 0.3) is 0 Å². The summed E-state index contributed by atoms with van der Waals surface area (Å²) in [6.45, 7) is 8.52. The average molecular weight is 397 g/mol. The van der Waals surface area contributed by atoms with Gasteiger partial charge < -0.3 is 19.8 Å². The first-order valence-corrected chi connectivity index (χ1v) is 11.1. The first-order chi connectivity index (χ1) is 12.2. The second kappa shape index (κ2) is 11.5. The van der Waals surface area contributed by atoms with Crippen molar-refractivity contribution >= 4 is 35.5 Å². The van der Waals surface area contributed by atoms with Gasteiger partial charge in [0.05, 0.1) is 11.9 Å². The van der Waals surface area contributed by atoms with Gasteiger partial charge in [0, 0.05) is 11.1 Å². The Bertz CT molecular complexity index is 612. The fourth-order valence-corrected chi connectivity index (χ4v) is 4.33. The van der Waals surface area contributed by atoms with Crippen LogP contribution in [0.4, 0.5) is 0 Å². The minimum atomic E-state index is -1.47. The van der Waals surface area contributed by atoms with Crippen molar-refractivity contribution in [2.45, 2.75) is 63.9 Å². The van der Waals surface area contributed by atoms with Crippen molar-refractivity contribution < 1.29 is 19.8 Å². The zero-order valence-corrected chi connectivity index (χ0v) is 17.6. The molecule has 0 fully saturated rings. The number of aromatic carboxylic acids is 2. The molecule has 1 aromatic rings. The molecule has 0 N–H and O–H groups in total. The summed E-state index contributed by atoms with van der Waals surface area (Å²) < 4.78 is 0. The van der Waals surface area contributed by atoms with E-state index in [4.69, 9.17) is 0 Å². The van der Waals surface area contributed by atoms with E-state index < -0.39 is 11.9 Å². The van der Waals surface area contributed by atoms with Gasteiger partial charge in [0.25, 0.3) is 0 Å². The van der Waals surface area contributed by atoms with Crippen LogP contribution in [-0.4, -0.2) is 33.9 Å². The Labute approximate surface area is 165 Å². The topological polar surface area (TPSA) is 80.3 Å². The van der Waals surface area contributed by atoms with E-state index in [2.05, 4.69) is 27.7 Å². The number of carboxylic acid groups (broad SMARTS) is 2. The number of carbonyl (C=O) groups is 2. The molecule has 1 rings (SSSR count). The summed E-state index contributed by atoms with van der Waals surface area (Å²) in [6.07, 6.45) is 3.00. The smallest absolute Gasteiger partial charge is 0.0724 e. The molecular weight excluding hydrogens is 368 g/mol. The van der Waals surface area contributed by atoms with Crippen LogP contribution in [0.3, 0.4) is 0 Å². The molecule has 146 valence electrons. The van der Waals surface area contributed by atoms with Crippen LogP contribution in [0.2, 0.25) is 0 Å². The number of aryl methyl sites for hydroxylation is 1. The van der Waals surface area contributed by atoms with Gasteiger partial charge in [-0.05, 0) is 58.8 Å². The molecule has 0 unspecified atom stereocenters. The Hall–Kier alpha value is -1.14. The lowest BCUT2D eigenvalue weighted by Gasteiger charge is -2.20. The Balaban J connectivity index is 3.03. The number of rotatable bonds is 12. The number of hydrogen-bond donors (Lipinski definition) is 0. The minimum absolute atomic E-state index is 0.200. The molecule has 26 heavy (non-hydrogen) atoms. The van der Waals surface area contributed by atoms with Crippen molar-refractivity contribution in [3.8, 4) is 0 Å². The summed E-state index contributed by atoms with van der Waals surface area (Å²) in [5, 5.41) is 24.1. The summed E-state index contributed by atoms with van der Waals surface area (Å²) >= 11 is 3.67. The number of carboxylic acids is 2. The Morgan fingerprint density at radius 2 is 1.42 bits per heavy atom. The van der Waals surface area contributed by atoms with Gasteiger partial charge in [0.1, 0.15) is 0 Å². The van der Waals surface area contributed by atoms with Crippen LogP contribution in [0.5, 0.6) is 0 Å². The lowest BCUT2D eigenvalue weighted by molar-refractivity contribution is -0.259. The molecule has 0 saturated carbocycles. The van der Waals surface area contributed by atoms with Crippen LogP contribution in [0, 0.1) is 0 Å². The summed E-state index contributed by atoms with van der Waals surface area (Å²) in [5.74, 6) is -1.01. The largest absolute Gasteiger partial charge is 0.545 e. The highest BCUT2D eigenvalue weighted by Crippen LogP contribution is 2.24. The van der Waals surface area contributed by atoms with Crippen molar-refractivity contribution in [1.29, 1.82) is 0 Å². The van der Waals surface area contributed by atoms with Crippen LogP contribution in [-0.2, 0) is 12.8 Å². The van der Waals surface area contributed by atoms with Crippen LogP contribution in [0.15, 0.2) is 12.1 Å². The van der Waals surface area contributed by atoms with E-state index >= 15 is 0 Å². The van der Waals surface area contributed by atoms with Gasteiger partial charge in [-0.3, -0.25) is 0 Å². The van der Waals surface area contributed by atoms with Crippen molar-refractivity contribution in [2.75, 3.05) is 11.5 Å². The van der Waals surface area contributed by atoms with E-state index in [0.29, 0.717) is 22.5 Å². The maximum Gasteiger partial charge on any atom is 0.0724 e. The first-order valence-electron chi connectivity index (χ1n) is 9.04. The summed E-state index contributed by atoms with van der Waals surface area (Å²) in [6, 6.07) is 3.08. The molecule has 0 aliphatic carbocycles. The number of benzene rings is 1. The third-order valence-electron chi connectivity index (χ3n) is 3.90. The van der Waals surface area contributed by atoms with Crippen molar-refractivity contribution in [2.24, 2.45) is 0 Å². The monoisotopic (exact) mass is 396 g/mol. The molecule has 0 spiro atoms. The standard InChI is InChI=1S/C20H30O4S2/c1-13(2)25-11-5-7-15-9-10-17(19(21)22)18(20(23)24)16(15)8-6-12-26-14(3)4/h9-10,13-14H,5-8,11-12H2,1-4H3,(H,21,22)(H,23,24)/p-2. The lowest BCUT2D eigenvalue weighted by Crippen LogP contribution is -2.31.